The van der Waals surface area contributed by atoms with E-state index in [4.69, 9.17) is 0 Å². The quantitative estimate of drug-likeness (QED) is 0.440. The van der Waals surface area contributed by atoms with E-state index in [9.17, 15) is 4.79 Å². The summed E-state index contributed by atoms with van der Waals surface area (Å²) in [5.74, 6) is 0.997. The lowest BCUT2D eigenvalue weighted by molar-refractivity contribution is 0.0943. The maximum absolute atomic E-state index is 12.1. The highest BCUT2D eigenvalue weighted by atomic mass is 32.2. The first kappa shape index (κ1) is 16.4. The highest BCUT2D eigenvalue weighted by molar-refractivity contribution is 7.99. The van der Waals surface area contributed by atoms with E-state index >= 15 is 0 Å². The minimum atomic E-state index is -0.0405. The molecule has 0 saturated carbocycles. The van der Waals surface area contributed by atoms with E-state index in [1.165, 1.54) is 4.90 Å². The smallest absolute Gasteiger partial charge is 0.251 e. The fourth-order valence-electron chi connectivity index (χ4n) is 2.10. The summed E-state index contributed by atoms with van der Waals surface area (Å²) < 4.78 is 0. The standard InChI is InChI=1S/C19H21NOS/c1-2-17(20-19(21)16-10-5-3-6-11-16)12-9-15-22-18-13-7-4-8-14-18/h2-8,10-11,13-14,17H,1,9,12,15H2,(H,20,21). The van der Waals surface area contributed by atoms with E-state index < -0.39 is 0 Å². The van der Waals surface area contributed by atoms with Crippen LogP contribution in [0, 0.1) is 0 Å². The van der Waals surface area contributed by atoms with Gasteiger partial charge in [-0.05, 0) is 42.9 Å². The van der Waals surface area contributed by atoms with E-state index in [1.54, 1.807) is 0 Å². The third kappa shape index (κ3) is 5.41. The summed E-state index contributed by atoms with van der Waals surface area (Å²) in [5.41, 5.74) is 0.688. The number of carbonyl (C=O) groups is 1. The summed E-state index contributed by atoms with van der Waals surface area (Å²) >= 11 is 1.84. The van der Waals surface area contributed by atoms with Crippen LogP contribution in [-0.4, -0.2) is 17.7 Å². The van der Waals surface area contributed by atoms with Gasteiger partial charge in [-0.3, -0.25) is 4.79 Å². The van der Waals surface area contributed by atoms with Crippen molar-refractivity contribution < 1.29 is 4.79 Å². The van der Waals surface area contributed by atoms with Crippen molar-refractivity contribution >= 4 is 17.7 Å². The topological polar surface area (TPSA) is 29.1 Å². The number of benzene rings is 2. The van der Waals surface area contributed by atoms with Gasteiger partial charge in [-0.25, -0.2) is 0 Å². The zero-order valence-electron chi connectivity index (χ0n) is 12.6. The van der Waals surface area contributed by atoms with E-state index in [0.29, 0.717) is 5.56 Å². The van der Waals surface area contributed by atoms with Crippen molar-refractivity contribution in [3.63, 3.8) is 0 Å². The van der Waals surface area contributed by atoms with Crippen molar-refractivity contribution in [1.29, 1.82) is 0 Å². The summed E-state index contributed by atoms with van der Waals surface area (Å²) in [6.07, 6.45) is 3.75. The number of amides is 1. The van der Waals surface area contributed by atoms with Gasteiger partial charge < -0.3 is 5.32 Å². The van der Waals surface area contributed by atoms with Crippen molar-refractivity contribution in [2.75, 3.05) is 5.75 Å². The van der Waals surface area contributed by atoms with E-state index in [-0.39, 0.29) is 11.9 Å². The third-order valence-corrected chi connectivity index (χ3v) is 4.41. The molecule has 3 heteroatoms. The van der Waals surface area contributed by atoms with Crippen LogP contribution in [0.1, 0.15) is 23.2 Å². The first-order valence-corrected chi connectivity index (χ1v) is 8.44. The lowest BCUT2D eigenvalue weighted by atomic mass is 10.1. The maximum atomic E-state index is 12.1. The van der Waals surface area contributed by atoms with Crippen LogP contribution in [0.25, 0.3) is 0 Å². The van der Waals surface area contributed by atoms with Gasteiger partial charge in [0.25, 0.3) is 5.91 Å². The van der Waals surface area contributed by atoms with Gasteiger partial charge in [0, 0.05) is 16.5 Å². The molecule has 0 spiro atoms. The Hall–Kier alpha value is -2.00. The Labute approximate surface area is 136 Å². The van der Waals surface area contributed by atoms with Gasteiger partial charge in [0.05, 0.1) is 0 Å². The summed E-state index contributed by atoms with van der Waals surface area (Å²) in [4.78, 5) is 13.4. The molecule has 0 aliphatic carbocycles. The largest absolute Gasteiger partial charge is 0.346 e. The van der Waals surface area contributed by atoms with Gasteiger partial charge in [-0.1, -0.05) is 42.5 Å². The van der Waals surface area contributed by atoms with Gasteiger partial charge in [-0.15, -0.1) is 18.3 Å². The van der Waals surface area contributed by atoms with Crippen molar-refractivity contribution in [2.24, 2.45) is 0 Å². The van der Waals surface area contributed by atoms with Crippen molar-refractivity contribution in [3.05, 3.63) is 78.9 Å². The molecule has 2 nitrogen and oxygen atoms in total. The molecule has 0 aromatic heterocycles. The second-order valence-corrected chi connectivity index (χ2v) is 6.15. The molecular formula is C19H21NOS. The summed E-state index contributed by atoms with van der Waals surface area (Å²) in [5, 5.41) is 3.02. The predicted molar refractivity (Wildman–Crippen MR) is 94.3 cm³/mol. The average molecular weight is 311 g/mol. The minimum absolute atomic E-state index is 0.0177. The summed E-state index contributed by atoms with van der Waals surface area (Å²) in [6.45, 7) is 3.82. The van der Waals surface area contributed by atoms with Gasteiger partial charge >= 0.3 is 0 Å². The number of hydrogen-bond donors (Lipinski definition) is 1. The number of thioether (sulfide) groups is 1. The van der Waals surface area contributed by atoms with Crippen LogP contribution in [-0.2, 0) is 0 Å². The number of rotatable bonds is 8. The average Bonchev–Trinajstić information content (AvgIpc) is 2.59. The molecule has 22 heavy (non-hydrogen) atoms. The van der Waals surface area contributed by atoms with E-state index in [2.05, 4.69) is 36.2 Å². The molecule has 1 N–H and O–H groups in total. The first-order chi connectivity index (χ1) is 10.8. The molecule has 2 aromatic rings. The van der Waals surface area contributed by atoms with Crippen molar-refractivity contribution in [2.45, 2.75) is 23.8 Å². The molecule has 0 fully saturated rings. The van der Waals surface area contributed by atoms with Crippen LogP contribution in [0.3, 0.4) is 0 Å². The third-order valence-electron chi connectivity index (χ3n) is 3.31. The van der Waals surface area contributed by atoms with Gasteiger partial charge in [0.15, 0.2) is 0 Å². The lowest BCUT2D eigenvalue weighted by Gasteiger charge is -2.14. The molecule has 1 unspecified atom stereocenters. The highest BCUT2D eigenvalue weighted by Crippen LogP contribution is 2.19. The summed E-state index contributed by atoms with van der Waals surface area (Å²) in [7, 11) is 0. The molecule has 0 aliphatic heterocycles. The van der Waals surface area contributed by atoms with Gasteiger partial charge in [-0.2, -0.15) is 0 Å². The Morgan fingerprint density at radius 1 is 1.09 bits per heavy atom. The molecule has 114 valence electrons. The van der Waals surface area contributed by atoms with Crippen LogP contribution in [0.15, 0.2) is 78.2 Å². The van der Waals surface area contributed by atoms with E-state index in [1.807, 2.05) is 54.2 Å². The van der Waals surface area contributed by atoms with Crippen LogP contribution >= 0.6 is 11.8 Å². The predicted octanol–water partition coefficient (Wildman–Crippen LogP) is 4.54. The van der Waals surface area contributed by atoms with Crippen LogP contribution in [0.2, 0.25) is 0 Å². The van der Waals surface area contributed by atoms with Crippen LogP contribution in [0.5, 0.6) is 0 Å². The fraction of sp³-hybridized carbons (Fsp3) is 0.211. The molecule has 2 aromatic carbocycles. The number of hydrogen-bond acceptors (Lipinski definition) is 2. The SMILES string of the molecule is C=CC(CCCSc1ccccc1)NC(=O)c1ccccc1. The molecule has 0 aliphatic rings. The van der Waals surface area contributed by atoms with Crippen LogP contribution < -0.4 is 5.32 Å². The number of nitrogens with one attached hydrogen (secondary N) is 1. The molecule has 2 rings (SSSR count). The Morgan fingerprint density at radius 2 is 1.73 bits per heavy atom. The fourth-order valence-corrected chi connectivity index (χ4v) is 3.00. The maximum Gasteiger partial charge on any atom is 0.251 e. The normalized spacial score (nSPS) is 11.6. The Balaban J connectivity index is 1.73. The highest BCUT2D eigenvalue weighted by Gasteiger charge is 2.10. The molecular weight excluding hydrogens is 290 g/mol. The molecule has 0 heterocycles. The van der Waals surface area contributed by atoms with Crippen molar-refractivity contribution in [1.82, 2.24) is 5.32 Å². The zero-order valence-corrected chi connectivity index (χ0v) is 13.4. The Kier molecular flexibility index (Phi) is 6.78. The van der Waals surface area contributed by atoms with Crippen LogP contribution in [0.4, 0.5) is 0 Å². The van der Waals surface area contributed by atoms with Gasteiger partial charge in [0.1, 0.15) is 0 Å². The van der Waals surface area contributed by atoms with Gasteiger partial charge in [0.2, 0.25) is 0 Å². The monoisotopic (exact) mass is 311 g/mol. The molecule has 1 amide bonds. The minimum Gasteiger partial charge on any atom is -0.346 e. The summed E-state index contributed by atoms with van der Waals surface area (Å²) in [6, 6.07) is 19.7. The zero-order chi connectivity index (χ0) is 15.6. The number of carbonyl (C=O) groups excluding carboxylic acids is 1. The molecule has 0 bridgehead atoms. The first-order valence-electron chi connectivity index (χ1n) is 7.46. The molecule has 0 saturated heterocycles. The molecule has 0 radical (unpaired) electrons. The molecule has 1 atom stereocenters. The lowest BCUT2D eigenvalue weighted by Crippen LogP contribution is -2.33. The second-order valence-electron chi connectivity index (χ2n) is 4.99. The second kappa shape index (κ2) is 9.11. The Bertz CT molecular complexity index is 583. The Morgan fingerprint density at radius 3 is 2.36 bits per heavy atom. The van der Waals surface area contributed by atoms with E-state index in [0.717, 1.165) is 18.6 Å². The van der Waals surface area contributed by atoms with Crippen molar-refractivity contribution in [3.8, 4) is 0 Å².